The number of thiazole rings is 1. The highest BCUT2D eigenvalue weighted by molar-refractivity contribution is 7.91. The van der Waals surface area contributed by atoms with E-state index in [-0.39, 0.29) is 10.1 Å². The minimum absolute atomic E-state index is 0.274. The third-order valence-corrected chi connectivity index (χ3v) is 8.25. The molecule has 0 unspecified atom stereocenters. The second-order valence-corrected chi connectivity index (χ2v) is 9.68. The molecule has 1 aromatic carbocycles. The number of hydrogen-bond acceptors (Lipinski definition) is 6. The summed E-state index contributed by atoms with van der Waals surface area (Å²) in [4.78, 5) is 16.9. The van der Waals surface area contributed by atoms with Gasteiger partial charge in [0.2, 0.25) is 5.91 Å². The van der Waals surface area contributed by atoms with E-state index >= 15 is 0 Å². The fourth-order valence-corrected chi connectivity index (χ4v) is 6.41. The normalized spacial score (nSPS) is 18.6. The highest BCUT2D eigenvalue weighted by Gasteiger charge is 2.39. The van der Waals surface area contributed by atoms with Crippen molar-refractivity contribution in [2.45, 2.75) is 23.1 Å². The van der Waals surface area contributed by atoms with E-state index in [1.807, 2.05) is 12.1 Å². The first kappa shape index (κ1) is 16.6. The number of rotatable bonds is 4. The van der Waals surface area contributed by atoms with Crippen molar-refractivity contribution in [2.75, 3.05) is 11.9 Å². The first-order valence-corrected chi connectivity index (χ1v) is 10.9. The fourth-order valence-electron chi connectivity index (χ4n) is 2.98. The molecule has 1 aliphatic rings. The lowest BCUT2D eigenvalue weighted by atomic mass is 10.2. The minimum atomic E-state index is -3.63. The number of benzene rings is 1. The molecule has 0 radical (unpaired) electrons. The molecule has 25 heavy (non-hydrogen) atoms. The third kappa shape index (κ3) is 3.08. The van der Waals surface area contributed by atoms with Gasteiger partial charge in [0.05, 0.1) is 15.7 Å². The van der Waals surface area contributed by atoms with E-state index in [9.17, 15) is 13.2 Å². The number of amides is 1. The quantitative estimate of drug-likeness (QED) is 0.738. The maximum atomic E-state index is 12.8. The Bertz CT molecular complexity index is 1010. The SMILES string of the molecule is O=C(Nc1ccc2scnc2c1)[C@H]1CCCN1S(=O)(=O)c1cccs1. The summed E-state index contributed by atoms with van der Waals surface area (Å²) in [5, 5.41) is 4.56. The Balaban J connectivity index is 1.56. The molecule has 2 aromatic heterocycles. The highest BCUT2D eigenvalue weighted by atomic mass is 32.2. The van der Waals surface area contributed by atoms with Gasteiger partial charge in [-0.25, -0.2) is 13.4 Å². The van der Waals surface area contributed by atoms with Gasteiger partial charge in [-0.05, 0) is 42.5 Å². The van der Waals surface area contributed by atoms with Gasteiger partial charge >= 0.3 is 0 Å². The Labute approximate surface area is 153 Å². The number of nitrogens with zero attached hydrogens (tertiary/aromatic N) is 2. The molecule has 130 valence electrons. The average molecular weight is 394 g/mol. The summed E-state index contributed by atoms with van der Waals surface area (Å²) in [7, 11) is -3.63. The zero-order valence-corrected chi connectivity index (χ0v) is 15.5. The molecule has 1 saturated heterocycles. The zero-order chi connectivity index (χ0) is 17.4. The van der Waals surface area contributed by atoms with Gasteiger partial charge in [-0.1, -0.05) is 6.07 Å². The van der Waals surface area contributed by atoms with E-state index in [1.165, 1.54) is 27.0 Å². The first-order valence-electron chi connectivity index (χ1n) is 7.75. The van der Waals surface area contributed by atoms with Gasteiger partial charge < -0.3 is 5.32 Å². The van der Waals surface area contributed by atoms with Crippen molar-refractivity contribution in [1.29, 1.82) is 0 Å². The van der Waals surface area contributed by atoms with Crippen LogP contribution in [0.5, 0.6) is 0 Å². The van der Waals surface area contributed by atoms with Gasteiger partial charge in [0, 0.05) is 12.2 Å². The van der Waals surface area contributed by atoms with Crippen molar-refractivity contribution in [2.24, 2.45) is 0 Å². The summed E-state index contributed by atoms with van der Waals surface area (Å²) in [6.07, 6.45) is 1.20. The number of anilines is 1. The van der Waals surface area contributed by atoms with Crippen LogP contribution < -0.4 is 5.32 Å². The van der Waals surface area contributed by atoms with E-state index in [4.69, 9.17) is 0 Å². The lowest BCUT2D eigenvalue weighted by molar-refractivity contribution is -0.119. The second-order valence-electron chi connectivity index (χ2n) is 5.73. The van der Waals surface area contributed by atoms with E-state index in [0.717, 1.165) is 10.2 Å². The lowest BCUT2D eigenvalue weighted by Crippen LogP contribution is -2.42. The van der Waals surface area contributed by atoms with Crippen LogP contribution in [0, 0.1) is 0 Å². The molecular weight excluding hydrogens is 378 g/mol. The monoisotopic (exact) mass is 393 g/mol. The summed E-state index contributed by atoms with van der Waals surface area (Å²) in [6, 6.07) is 8.10. The molecule has 0 spiro atoms. The van der Waals surface area contributed by atoms with E-state index < -0.39 is 16.1 Å². The number of carbonyl (C=O) groups excluding carboxylic acids is 1. The summed E-state index contributed by atoms with van der Waals surface area (Å²) < 4.78 is 28.1. The van der Waals surface area contributed by atoms with Crippen LogP contribution in [0.15, 0.2) is 45.4 Å². The molecule has 6 nitrogen and oxygen atoms in total. The number of carbonyl (C=O) groups is 1. The van der Waals surface area contributed by atoms with Crippen LogP contribution in [0.2, 0.25) is 0 Å². The Hall–Kier alpha value is -1.81. The maximum absolute atomic E-state index is 12.8. The molecule has 3 heterocycles. The Kier molecular flexibility index (Phi) is 4.32. The molecule has 1 aliphatic heterocycles. The van der Waals surface area contributed by atoms with E-state index in [0.29, 0.717) is 25.1 Å². The molecule has 9 heteroatoms. The predicted molar refractivity (Wildman–Crippen MR) is 99.5 cm³/mol. The van der Waals surface area contributed by atoms with Crippen molar-refractivity contribution in [3.63, 3.8) is 0 Å². The molecule has 4 rings (SSSR count). The van der Waals surface area contributed by atoms with E-state index in [2.05, 4.69) is 10.3 Å². The Morgan fingerprint density at radius 1 is 1.28 bits per heavy atom. The molecule has 1 fully saturated rings. The van der Waals surface area contributed by atoms with Gasteiger partial charge in [0.1, 0.15) is 10.3 Å². The standard InChI is InChI=1S/C16H15N3O3S3/c20-16(18-11-5-6-14-12(9-11)17-10-24-14)13-3-1-7-19(13)25(21,22)15-4-2-8-23-15/h2,4-6,8-10,13H,1,3,7H2,(H,18,20)/t13-/m1/s1. The molecule has 1 N–H and O–H groups in total. The van der Waals surface area contributed by atoms with Crippen molar-refractivity contribution in [3.8, 4) is 0 Å². The van der Waals surface area contributed by atoms with Crippen molar-refractivity contribution < 1.29 is 13.2 Å². The molecule has 0 bridgehead atoms. The zero-order valence-electron chi connectivity index (χ0n) is 13.1. The minimum Gasteiger partial charge on any atom is -0.325 e. The van der Waals surface area contributed by atoms with Crippen LogP contribution in [0.25, 0.3) is 10.2 Å². The number of nitrogens with one attached hydrogen (secondary N) is 1. The van der Waals surface area contributed by atoms with Crippen molar-refractivity contribution in [3.05, 3.63) is 41.2 Å². The first-order chi connectivity index (χ1) is 12.1. The third-order valence-electron chi connectivity index (χ3n) is 4.16. The summed E-state index contributed by atoms with van der Waals surface area (Å²) in [6.45, 7) is 0.365. The largest absolute Gasteiger partial charge is 0.325 e. The smallest absolute Gasteiger partial charge is 0.253 e. The average Bonchev–Trinajstić information content (AvgIpc) is 3.33. The summed E-state index contributed by atoms with van der Waals surface area (Å²) >= 11 is 2.70. The van der Waals surface area contributed by atoms with Crippen LogP contribution in [-0.4, -0.2) is 36.2 Å². The summed E-state index contributed by atoms with van der Waals surface area (Å²) in [5.41, 5.74) is 3.20. The van der Waals surface area contributed by atoms with Crippen molar-refractivity contribution >= 4 is 54.5 Å². The van der Waals surface area contributed by atoms with Gasteiger partial charge in [-0.2, -0.15) is 4.31 Å². The number of sulfonamides is 1. The molecule has 1 atom stereocenters. The topological polar surface area (TPSA) is 79.4 Å². The predicted octanol–water partition coefficient (Wildman–Crippen LogP) is 3.15. The molecule has 0 saturated carbocycles. The molecule has 1 amide bonds. The van der Waals surface area contributed by atoms with Crippen LogP contribution >= 0.6 is 22.7 Å². The number of fused-ring (bicyclic) bond motifs is 1. The Morgan fingerprint density at radius 3 is 2.96 bits per heavy atom. The van der Waals surface area contributed by atoms with Crippen LogP contribution in [0.3, 0.4) is 0 Å². The van der Waals surface area contributed by atoms with Gasteiger partial charge in [-0.3, -0.25) is 4.79 Å². The highest BCUT2D eigenvalue weighted by Crippen LogP contribution is 2.29. The van der Waals surface area contributed by atoms with Gasteiger partial charge in [0.15, 0.2) is 0 Å². The second kappa shape index (κ2) is 6.49. The number of hydrogen-bond donors (Lipinski definition) is 1. The van der Waals surface area contributed by atoms with E-state index in [1.54, 1.807) is 29.1 Å². The fraction of sp³-hybridized carbons (Fsp3) is 0.250. The van der Waals surface area contributed by atoms with Gasteiger partial charge in [0.25, 0.3) is 10.0 Å². The molecule has 0 aliphatic carbocycles. The number of aromatic nitrogens is 1. The van der Waals surface area contributed by atoms with Crippen LogP contribution in [0.4, 0.5) is 5.69 Å². The molecular formula is C16H15N3O3S3. The maximum Gasteiger partial charge on any atom is 0.253 e. The van der Waals surface area contributed by atoms with Crippen LogP contribution in [0.1, 0.15) is 12.8 Å². The lowest BCUT2D eigenvalue weighted by Gasteiger charge is -2.22. The number of thiophene rings is 1. The van der Waals surface area contributed by atoms with Gasteiger partial charge in [-0.15, -0.1) is 22.7 Å². The Morgan fingerprint density at radius 2 is 2.16 bits per heavy atom. The van der Waals surface area contributed by atoms with Crippen LogP contribution in [-0.2, 0) is 14.8 Å². The summed E-state index contributed by atoms with van der Waals surface area (Å²) in [5.74, 6) is -0.299. The van der Waals surface area contributed by atoms with Crippen molar-refractivity contribution in [1.82, 2.24) is 9.29 Å². The molecule has 3 aromatic rings.